The minimum atomic E-state index is 0.570. The molecule has 2 heterocycles. The molecule has 7 heteroatoms. The Hall–Kier alpha value is -2.70. The largest absolute Gasteiger partial charge is 0.497 e. The maximum absolute atomic E-state index is 6.32. The van der Waals surface area contributed by atoms with Gasteiger partial charge in [-0.15, -0.1) is 10.2 Å². The van der Waals surface area contributed by atoms with Crippen molar-refractivity contribution < 1.29 is 9.15 Å². The Kier molecular flexibility index (Phi) is 4.21. The summed E-state index contributed by atoms with van der Waals surface area (Å²) in [4.78, 5) is 4.61. The van der Waals surface area contributed by atoms with Crippen LogP contribution in [0.1, 0.15) is 0 Å². The highest BCUT2D eigenvalue weighted by molar-refractivity contribution is 7.13. The first kappa shape index (κ1) is 15.8. The first-order valence-corrected chi connectivity index (χ1v) is 8.68. The molecule has 0 aliphatic rings. The molecular weight excluding hydrogens is 358 g/mol. The van der Waals surface area contributed by atoms with E-state index < -0.39 is 0 Å². The van der Waals surface area contributed by atoms with E-state index in [0.29, 0.717) is 26.9 Å². The fraction of sp³-hybridized carbons (Fsp3) is 0.0556. The van der Waals surface area contributed by atoms with E-state index in [1.165, 1.54) is 11.3 Å². The summed E-state index contributed by atoms with van der Waals surface area (Å²) in [6, 6.07) is 15.0. The van der Waals surface area contributed by atoms with E-state index in [-0.39, 0.29) is 0 Å². The summed E-state index contributed by atoms with van der Waals surface area (Å²) in [7, 11) is 1.62. The van der Waals surface area contributed by atoms with Gasteiger partial charge in [0, 0.05) is 17.0 Å². The van der Waals surface area contributed by atoms with Crippen LogP contribution in [0.25, 0.3) is 22.3 Å². The van der Waals surface area contributed by atoms with Crippen LogP contribution < -0.4 is 10.1 Å². The summed E-state index contributed by atoms with van der Waals surface area (Å²) in [5.41, 5.74) is 3.13. The van der Waals surface area contributed by atoms with Gasteiger partial charge in [-0.05, 0) is 30.3 Å². The molecule has 0 atom stereocenters. The summed E-state index contributed by atoms with van der Waals surface area (Å²) in [6.45, 7) is 0. The predicted molar refractivity (Wildman–Crippen MR) is 98.3 cm³/mol. The van der Waals surface area contributed by atoms with Crippen LogP contribution in [0, 0.1) is 0 Å². The van der Waals surface area contributed by atoms with Gasteiger partial charge in [0.05, 0.1) is 17.5 Å². The highest BCUT2D eigenvalue weighted by atomic mass is 35.5. The summed E-state index contributed by atoms with van der Waals surface area (Å²) in [5, 5.41) is 10.5. The van der Waals surface area contributed by atoms with Gasteiger partial charge in [-0.2, -0.15) is 0 Å². The van der Waals surface area contributed by atoms with Crippen molar-refractivity contribution in [2.24, 2.45) is 4.99 Å². The van der Waals surface area contributed by atoms with Crippen LogP contribution >= 0.6 is 22.9 Å². The highest BCUT2D eigenvalue weighted by Gasteiger charge is 2.10. The number of hydrogen-bond acceptors (Lipinski definition) is 6. The van der Waals surface area contributed by atoms with E-state index in [1.54, 1.807) is 12.6 Å². The fourth-order valence-electron chi connectivity index (χ4n) is 2.48. The van der Waals surface area contributed by atoms with E-state index >= 15 is 0 Å². The SMILES string of the molecule is COc1ccc2oc(-c3ccccc3Cl)cc(=Nc3nncs3)c2c1. The number of hydrogen-bond donors (Lipinski definition) is 0. The molecule has 0 aliphatic carbocycles. The number of rotatable bonds is 3. The second-order valence-electron chi connectivity index (χ2n) is 5.17. The van der Waals surface area contributed by atoms with Crippen LogP contribution in [0.2, 0.25) is 5.02 Å². The van der Waals surface area contributed by atoms with Crippen LogP contribution in [0.4, 0.5) is 5.13 Å². The van der Waals surface area contributed by atoms with Gasteiger partial charge in [0.1, 0.15) is 22.6 Å². The van der Waals surface area contributed by atoms with Gasteiger partial charge in [-0.3, -0.25) is 0 Å². The topological polar surface area (TPSA) is 60.5 Å². The molecule has 0 amide bonds. The Morgan fingerprint density at radius 1 is 1.16 bits per heavy atom. The molecule has 0 radical (unpaired) electrons. The zero-order valence-corrected chi connectivity index (χ0v) is 14.7. The third kappa shape index (κ3) is 3.14. The molecule has 0 fully saturated rings. The molecule has 0 saturated heterocycles. The average Bonchev–Trinajstić information content (AvgIpc) is 3.15. The Morgan fingerprint density at radius 3 is 2.80 bits per heavy atom. The smallest absolute Gasteiger partial charge is 0.231 e. The molecule has 5 nitrogen and oxygen atoms in total. The Bertz CT molecular complexity index is 1110. The monoisotopic (exact) mass is 369 g/mol. The first-order chi connectivity index (χ1) is 12.2. The number of halogens is 1. The minimum Gasteiger partial charge on any atom is -0.497 e. The van der Waals surface area contributed by atoms with Crippen LogP contribution in [-0.4, -0.2) is 17.3 Å². The van der Waals surface area contributed by atoms with Gasteiger partial charge in [-0.1, -0.05) is 35.1 Å². The van der Waals surface area contributed by atoms with Gasteiger partial charge < -0.3 is 9.15 Å². The normalized spacial score (nSPS) is 11.8. The molecular formula is C18H12ClN3O2S. The molecule has 4 aromatic rings. The number of fused-ring (bicyclic) bond motifs is 1. The Labute approximate surface area is 152 Å². The fourth-order valence-corrected chi connectivity index (χ4v) is 3.14. The lowest BCUT2D eigenvalue weighted by Gasteiger charge is -2.07. The molecule has 0 saturated carbocycles. The molecule has 0 N–H and O–H groups in total. The third-order valence-corrected chi connectivity index (χ3v) is 4.57. The standard InChI is InChI=1S/C18H12ClN3O2S/c1-23-11-6-7-16-13(8-11)15(21-18-22-20-10-25-18)9-17(24-16)12-4-2-3-5-14(12)19/h2-10H,1H3. The van der Waals surface area contributed by atoms with E-state index in [4.69, 9.17) is 20.8 Å². The van der Waals surface area contributed by atoms with Gasteiger partial charge in [0.15, 0.2) is 0 Å². The average molecular weight is 370 g/mol. The van der Waals surface area contributed by atoms with Crippen molar-refractivity contribution in [1.29, 1.82) is 0 Å². The third-order valence-electron chi connectivity index (χ3n) is 3.65. The zero-order valence-electron chi connectivity index (χ0n) is 13.1. The number of methoxy groups -OCH3 is 1. The van der Waals surface area contributed by atoms with E-state index in [9.17, 15) is 0 Å². The van der Waals surface area contributed by atoms with Gasteiger partial charge in [0.25, 0.3) is 0 Å². The number of nitrogens with zero attached hydrogens (tertiary/aromatic N) is 3. The highest BCUT2D eigenvalue weighted by Crippen LogP contribution is 2.30. The molecule has 2 aromatic heterocycles. The van der Waals surface area contributed by atoms with Gasteiger partial charge >= 0.3 is 0 Å². The lowest BCUT2D eigenvalue weighted by molar-refractivity contribution is 0.415. The van der Waals surface area contributed by atoms with Crippen LogP contribution in [0.5, 0.6) is 5.75 Å². The molecule has 0 aliphatic heterocycles. The second-order valence-corrected chi connectivity index (χ2v) is 6.39. The lowest BCUT2D eigenvalue weighted by atomic mass is 10.1. The Morgan fingerprint density at radius 2 is 2.04 bits per heavy atom. The van der Waals surface area contributed by atoms with Crippen molar-refractivity contribution in [1.82, 2.24) is 10.2 Å². The number of benzene rings is 2. The molecule has 0 bridgehead atoms. The summed E-state index contributed by atoms with van der Waals surface area (Å²) >= 11 is 7.69. The maximum atomic E-state index is 6.32. The Balaban J connectivity index is 2.03. The summed E-state index contributed by atoms with van der Waals surface area (Å²) in [6.07, 6.45) is 0. The van der Waals surface area contributed by atoms with Crippen LogP contribution in [0.15, 0.2) is 63.5 Å². The first-order valence-electron chi connectivity index (χ1n) is 7.42. The van der Waals surface area contributed by atoms with E-state index in [1.807, 2.05) is 48.5 Å². The molecule has 2 aromatic carbocycles. The van der Waals surface area contributed by atoms with Crippen molar-refractivity contribution in [2.45, 2.75) is 0 Å². The minimum absolute atomic E-state index is 0.570. The lowest BCUT2D eigenvalue weighted by Crippen LogP contribution is -2.03. The predicted octanol–water partition coefficient (Wildman–Crippen LogP) is 4.85. The van der Waals surface area contributed by atoms with Crippen molar-refractivity contribution in [2.75, 3.05) is 7.11 Å². The quantitative estimate of drug-likeness (QED) is 0.518. The number of ether oxygens (including phenoxy) is 1. The molecule has 4 rings (SSSR count). The molecule has 0 unspecified atom stereocenters. The summed E-state index contributed by atoms with van der Waals surface area (Å²) in [5.74, 6) is 1.36. The van der Waals surface area contributed by atoms with E-state index in [0.717, 1.165) is 16.7 Å². The molecule has 25 heavy (non-hydrogen) atoms. The van der Waals surface area contributed by atoms with Crippen molar-refractivity contribution >= 4 is 39.0 Å². The number of aromatic nitrogens is 2. The maximum Gasteiger partial charge on any atom is 0.231 e. The zero-order chi connectivity index (χ0) is 17.2. The molecule has 124 valence electrons. The van der Waals surface area contributed by atoms with Gasteiger partial charge in [0.2, 0.25) is 5.13 Å². The summed E-state index contributed by atoms with van der Waals surface area (Å²) < 4.78 is 11.4. The van der Waals surface area contributed by atoms with Gasteiger partial charge in [-0.25, -0.2) is 4.99 Å². The van der Waals surface area contributed by atoms with Crippen LogP contribution in [-0.2, 0) is 0 Å². The second kappa shape index (κ2) is 6.66. The van der Waals surface area contributed by atoms with Crippen molar-refractivity contribution in [3.8, 4) is 17.1 Å². The van der Waals surface area contributed by atoms with Crippen molar-refractivity contribution in [3.63, 3.8) is 0 Å². The molecule has 0 spiro atoms. The van der Waals surface area contributed by atoms with Crippen molar-refractivity contribution in [3.05, 3.63) is 64.4 Å². The van der Waals surface area contributed by atoms with Crippen LogP contribution in [0.3, 0.4) is 0 Å². The van der Waals surface area contributed by atoms with E-state index in [2.05, 4.69) is 15.2 Å².